The van der Waals surface area contributed by atoms with Gasteiger partial charge in [0.25, 0.3) is 0 Å². The molecular weight excluding hydrogens is 416 g/mol. The first-order valence-corrected chi connectivity index (χ1v) is 12.8. The van der Waals surface area contributed by atoms with Gasteiger partial charge in [-0.2, -0.15) is 0 Å². The van der Waals surface area contributed by atoms with Crippen LogP contribution in [0.3, 0.4) is 0 Å². The van der Waals surface area contributed by atoms with E-state index in [0.29, 0.717) is 17.9 Å². The number of hydrogen-bond donors (Lipinski definition) is 0. The van der Waals surface area contributed by atoms with Gasteiger partial charge in [-0.15, -0.1) is 0 Å². The standard InChI is InChI=1S/C28H44O5/c1-5-6-7-8-9-10-11-12-13-14-15-16-17-22-32-26(30)28(3,4)27(31)33-25-20-18-24(19-21-25)23(2)29/h18-21H,5-17,22H2,1-4H3. The average molecular weight is 461 g/mol. The van der Waals surface area contributed by atoms with Crippen molar-refractivity contribution in [3.8, 4) is 5.75 Å². The first kappa shape index (κ1) is 28.9. The molecule has 5 nitrogen and oxygen atoms in total. The van der Waals surface area contributed by atoms with E-state index in [2.05, 4.69) is 6.92 Å². The smallest absolute Gasteiger partial charge is 0.328 e. The number of rotatable bonds is 18. The average Bonchev–Trinajstić information content (AvgIpc) is 2.79. The largest absolute Gasteiger partial charge is 0.465 e. The third-order valence-corrected chi connectivity index (χ3v) is 5.97. The zero-order chi connectivity index (χ0) is 24.5. The Kier molecular flexibility index (Phi) is 14.4. The minimum absolute atomic E-state index is 0.0649. The minimum atomic E-state index is -1.39. The van der Waals surface area contributed by atoms with Crippen molar-refractivity contribution in [2.45, 2.75) is 111 Å². The van der Waals surface area contributed by atoms with Gasteiger partial charge in [0, 0.05) is 5.56 Å². The number of ketones is 1. The fourth-order valence-electron chi connectivity index (χ4n) is 3.54. The lowest BCUT2D eigenvalue weighted by atomic mass is 9.94. The molecular formula is C28H44O5. The molecule has 0 spiro atoms. The Morgan fingerprint density at radius 2 is 1.15 bits per heavy atom. The number of hydrogen-bond acceptors (Lipinski definition) is 5. The van der Waals surface area contributed by atoms with E-state index in [9.17, 15) is 14.4 Å². The molecule has 0 heterocycles. The molecule has 186 valence electrons. The summed E-state index contributed by atoms with van der Waals surface area (Å²) in [7, 11) is 0. The van der Waals surface area contributed by atoms with Gasteiger partial charge in [-0.3, -0.25) is 14.4 Å². The molecule has 0 bridgehead atoms. The molecule has 0 N–H and O–H groups in total. The lowest BCUT2D eigenvalue weighted by Gasteiger charge is -2.20. The Hall–Kier alpha value is -2.17. The van der Waals surface area contributed by atoms with Gasteiger partial charge < -0.3 is 9.47 Å². The van der Waals surface area contributed by atoms with E-state index in [0.717, 1.165) is 19.3 Å². The predicted octanol–water partition coefficient (Wildman–Crippen LogP) is 7.46. The van der Waals surface area contributed by atoms with E-state index in [-0.39, 0.29) is 5.78 Å². The van der Waals surface area contributed by atoms with Crippen LogP contribution in [0, 0.1) is 5.41 Å². The summed E-state index contributed by atoms with van der Waals surface area (Å²) >= 11 is 0. The van der Waals surface area contributed by atoms with E-state index in [1.807, 2.05) is 0 Å². The highest BCUT2D eigenvalue weighted by Crippen LogP contribution is 2.23. The van der Waals surface area contributed by atoms with Crippen LogP contribution in [0.4, 0.5) is 0 Å². The lowest BCUT2D eigenvalue weighted by molar-refractivity contribution is -0.164. The number of ether oxygens (including phenoxy) is 2. The Morgan fingerprint density at radius 1 is 0.697 bits per heavy atom. The number of unbranched alkanes of at least 4 members (excludes halogenated alkanes) is 12. The molecule has 1 aromatic carbocycles. The predicted molar refractivity (Wildman–Crippen MR) is 133 cm³/mol. The molecule has 1 rings (SSSR count). The summed E-state index contributed by atoms with van der Waals surface area (Å²) in [5.41, 5.74) is -0.859. The topological polar surface area (TPSA) is 69.7 Å². The highest BCUT2D eigenvalue weighted by atomic mass is 16.6. The fraction of sp³-hybridized carbons (Fsp3) is 0.679. The highest BCUT2D eigenvalue weighted by molar-refractivity contribution is 6.00. The summed E-state index contributed by atoms with van der Waals surface area (Å²) in [6, 6.07) is 6.27. The Bertz CT molecular complexity index is 706. The third kappa shape index (κ3) is 12.0. The molecule has 0 aromatic heterocycles. The van der Waals surface area contributed by atoms with Gasteiger partial charge in [0.05, 0.1) is 6.61 Å². The number of benzene rings is 1. The molecule has 5 heteroatoms. The zero-order valence-corrected chi connectivity index (χ0v) is 21.3. The van der Waals surface area contributed by atoms with Crippen LogP contribution in [0.25, 0.3) is 0 Å². The van der Waals surface area contributed by atoms with Crippen molar-refractivity contribution in [3.63, 3.8) is 0 Å². The molecule has 0 saturated carbocycles. The van der Waals surface area contributed by atoms with Crippen LogP contribution in [0.1, 0.15) is 122 Å². The SMILES string of the molecule is CCCCCCCCCCCCCCCOC(=O)C(C)(C)C(=O)Oc1ccc(C(C)=O)cc1. The maximum Gasteiger partial charge on any atom is 0.328 e. The van der Waals surface area contributed by atoms with Gasteiger partial charge in [0.2, 0.25) is 0 Å². The van der Waals surface area contributed by atoms with Crippen LogP contribution < -0.4 is 4.74 Å². The van der Waals surface area contributed by atoms with Crippen molar-refractivity contribution in [1.29, 1.82) is 0 Å². The van der Waals surface area contributed by atoms with Crippen molar-refractivity contribution in [1.82, 2.24) is 0 Å². The van der Waals surface area contributed by atoms with Gasteiger partial charge in [0.15, 0.2) is 11.2 Å². The van der Waals surface area contributed by atoms with Crippen molar-refractivity contribution < 1.29 is 23.9 Å². The van der Waals surface area contributed by atoms with Crippen LogP contribution in [-0.4, -0.2) is 24.3 Å². The van der Waals surface area contributed by atoms with E-state index < -0.39 is 17.4 Å². The summed E-state index contributed by atoms with van der Waals surface area (Å²) < 4.78 is 10.6. The first-order chi connectivity index (χ1) is 15.8. The number of Topliss-reactive ketones (excluding diaryl/α,β-unsaturated/α-hetero) is 1. The normalized spacial score (nSPS) is 11.3. The first-order valence-electron chi connectivity index (χ1n) is 12.8. The van der Waals surface area contributed by atoms with Gasteiger partial charge in [0.1, 0.15) is 5.75 Å². The summed E-state index contributed by atoms with van der Waals surface area (Å²) in [5.74, 6) is -1.02. The molecule has 0 radical (unpaired) electrons. The minimum Gasteiger partial charge on any atom is -0.465 e. The molecule has 0 amide bonds. The van der Waals surface area contributed by atoms with E-state index in [4.69, 9.17) is 9.47 Å². The van der Waals surface area contributed by atoms with Crippen molar-refractivity contribution in [3.05, 3.63) is 29.8 Å². The second-order valence-corrected chi connectivity index (χ2v) is 9.47. The highest BCUT2D eigenvalue weighted by Gasteiger charge is 2.39. The zero-order valence-electron chi connectivity index (χ0n) is 21.3. The van der Waals surface area contributed by atoms with Crippen LogP contribution >= 0.6 is 0 Å². The maximum absolute atomic E-state index is 12.5. The lowest BCUT2D eigenvalue weighted by Crippen LogP contribution is -2.38. The molecule has 0 atom stereocenters. The maximum atomic E-state index is 12.5. The van der Waals surface area contributed by atoms with Gasteiger partial charge in [-0.25, -0.2) is 0 Å². The number of carbonyl (C=O) groups excluding carboxylic acids is 3. The van der Waals surface area contributed by atoms with E-state index in [1.165, 1.54) is 85.0 Å². The summed E-state index contributed by atoms with van der Waals surface area (Å²) in [5, 5.41) is 0. The third-order valence-electron chi connectivity index (χ3n) is 5.97. The fourth-order valence-corrected chi connectivity index (χ4v) is 3.54. The van der Waals surface area contributed by atoms with E-state index >= 15 is 0 Å². The molecule has 0 aliphatic rings. The molecule has 0 aliphatic carbocycles. The summed E-state index contributed by atoms with van der Waals surface area (Å²) in [6.07, 6.45) is 16.3. The van der Waals surface area contributed by atoms with Crippen LogP contribution in [0.2, 0.25) is 0 Å². The molecule has 33 heavy (non-hydrogen) atoms. The van der Waals surface area contributed by atoms with Crippen LogP contribution in [0.15, 0.2) is 24.3 Å². The Labute approximate surface area is 200 Å². The van der Waals surface area contributed by atoms with Crippen LogP contribution in [0.5, 0.6) is 5.75 Å². The second-order valence-electron chi connectivity index (χ2n) is 9.47. The molecule has 1 aromatic rings. The summed E-state index contributed by atoms with van der Waals surface area (Å²) in [6.45, 7) is 7.05. The van der Waals surface area contributed by atoms with Crippen molar-refractivity contribution >= 4 is 17.7 Å². The molecule has 0 fully saturated rings. The van der Waals surface area contributed by atoms with Crippen molar-refractivity contribution in [2.75, 3.05) is 6.61 Å². The quantitative estimate of drug-likeness (QED) is 0.0747. The number of esters is 2. The monoisotopic (exact) mass is 460 g/mol. The summed E-state index contributed by atoms with van der Waals surface area (Å²) in [4.78, 5) is 36.2. The van der Waals surface area contributed by atoms with Gasteiger partial charge >= 0.3 is 11.9 Å². The van der Waals surface area contributed by atoms with Crippen molar-refractivity contribution in [2.24, 2.45) is 5.41 Å². The molecule has 0 saturated heterocycles. The van der Waals surface area contributed by atoms with Gasteiger partial charge in [-0.1, -0.05) is 84.0 Å². The Balaban J connectivity index is 2.13. The van der Waals surface area contributed by atoms with E-state index in [1.54, 1.807) is 24.3 Å². The molecule has 0 unspecified atom stereocenters. The second kappa shape index (κ2) is 16.4. The van der Waals surface area contributed by atoms with Gasteiger partial charge in [-0.05, 0) is 51.5 Å². The molecule has 0 aliphatic heterocycles. The Morgan fingerprint density at radius 3 is 1.61 bits per heavy atom. The van der Waals surface area contributed by atoms with Crippen LogP contribution in [-0.2, 0) is 14.3 Å². The number of carbonyl (C=O) groups is 3.